The van der Waals surface area contributed by atoms with Crippen molar-refractivity contribution in [3.8, 4) is 0 Å². The number of nitrogens with one attached hydrogen (secondary N) is 2. The van der Waals surface area contributed by atoms with E-state index in [0.29, 0.717) is 12.6 Å². The van der Waals surface area contributed by atoms with E-state index in [0.717, 1.165) is 75.2 Å². The molecular formula is C21H33ClN4O2. The quantitative estimate of drug-likeness (QED) is 0.559. The van der Waals surface area contributed by atoms with Gasteiger partial charge < -0.3 is 25.0 Å². The summed E-state index contributed by atoms with van der Waals surface area (Å²) in [5, 5.41) is 7.82. The molecule has 2 N–H and O–H groups in total. The minimum absolute atomic E-state index is 0.212. The zero-order chi connectivity index (χ0) is 19.8. The Morgan fingerprint density at radius 3 is 2.86 bits per heavy atom. The molecule has 1 unspecified atom stereocenters. The number of nitrogens with zero attached hydrogens (tertiary/aromatic N) is 2. The smallest absolute Gasteiger partial charge is 0.191 e. The van der Waals surface area contributed by atoms with Crippen LogP contribution in [-0.2, 0) is 9.47 Å². The van der Waals surface area contributed by atoms with Crippen LogP contribution in [0.25, 0.3) is 0 Å². The number of hydrogen-bond acceptors (Lipinski definition) is 4. The maximum absolute atomic E-state index is 6.41. The van der Waals surface area contributed by atoms with Crippen molar-refractivity contribution in [1.29, 1.82) is 0 Å². The predicted octanol–water partition coefficient (Wildman–Crippen LogP) is 3.06. The summed E-state index contributed by atoms with van der Waals surface area (Å²) >= 11 is 6.41. The van der Waals surface area contributed by atoms with Gasteiger partial charge >= 0.3 is 0 Å². The molecule has 2 fully saturated rings. The Balaban J connectivity index is 1.63. The van der Waals surface area contributed by atoms with Crippen molar-refractivity contribution in [2.24, 2.45) is 4.99 Å². The molecule has 28 heavy (non-hydrogen) atoms. The molecule has 0 aromatic heterocycles. The largest absolute Gasteiger partial charge is 0.381 e. The minimum atomic E-state index is -0.212. The fraction of sp³-hybridized carbons (Fsp3) is 0.667. The molecule has 2 aliphatic rings. The van der Waals surface area contributed by atoms with Gasteiger partial charge in [0.2, 0.25) is 0 Å². The van der Waals surface area contributed by atoms with Crippen molar-refractivity contribution < 1.29 is 9.47 Å². The van der Waals surface area contributed by atoms with Crippen molar-refractivity contribution in [3.63, 3.8) is 0 Å². The van der Waals surface area contributed by atoms with Crippen LogP contribution >= 0.6 is 11.6 Å². The molecule has 0 saturated carbocycles. The van der Waals surface area contributed by atoms with E-state index in [1.807, 2.05) is 18.2 Å². The molecule has 7 heteroatoms. The lowest BCUT2D eigenvalue weighted by atomic mass is 9.94. The summed E-state index contributed by atoms with van der Waals surface area (Å²) in [6.07, 6.45) is 4.02. The summed E-state index contributed by atoms with van der Waals surface area (Å²) < 4.78 is 11.3. The van der Waals surface area contributed by atoms with Gasteiger partial charge in [0.15, 0.2) is 5.96 Å². The normalized spacial score (nSPS) is 22.8. The molecule has 3 rings (SSSR count). The number of methoxy groups -OCH3 is 1. The van der Waals surface area contributed by atoms with Gasteiger partial charge in [-0.1, -0.05) is 23.7 Å². The Morgan fingerprint density at radius 2 is 2.14 bits per heavy atom. The van der Waals surface area contributed by atoms with Gasteiger partial charge in [0.1, 0.15) is 0 Å². The predicted molar refractivity (Wildman–Crippen MR) is 116 cm³/mol. The Kier molecular flexibility index (Phi) is 7.82. The number of ether oxygens (including phenoxy) is 2. The van der Waals surface area contributed by atoms with E-state index in [1.54, 1.807) is 7.11 Å². The van der Waals surface area contributed by atoms with Crippen molar-refractivity contribution in [1.82, 2.24) is 10.6 Å². The van der Waals surface area contributed by atoms with E-state index in [1.165, 1.54) is 0 Å². The first-order valence-electron chi connectivity index (χ1n) is 10.3. The van der Waals surface area contributed by atoms with Crippen LogP contribution in [-0.4, -0.2) is 64.1 Å². The molecule has 0 bridgehead atoms. The Morgan fingerprint density at radius 1 is 1.36 bits per heavy atom. The maximum Gasteiger partial charge on any atom is 0.191 e. The number of aliphatic imine (C=N–C) groups is 1. The summed E-state index contributed by atoms with van der Waals surface area (Å²) in [5.41, 5.74) is 0.898. The number of guanidine groups is 1. The van der Waals surface area contributed by atoms with Crippen LogP contribution in [0.2, 0.25) is 5.02 Å². The molecule has 156 valence electrons. The van der Waals surface area contributed by atoms with E-state index in [9.17, 15) is 0 Å². The van der Waals surface area contributed by atoms with E-state index < -0.39 is 0 Å². The van der Waals surface area contributed by atoms with Crippen molar-refractivity contribution >= 4 is 23.2 Å². The van der Waals surface area contributed by atoms with E-state index in [-0.39, 0.29) is 5.60 Å². The molecule has 0 amide bonds. The van der Waals surface area contributed by atoms with Gasteiger partial charge in [0.05, 0.1) is 22.9 Å². The van der Waals surface area contributed by atoms with Crippen LogP contribution < -0.4 is 15.5 Å². The molecule has 0 spiro atoms. The maximum atomic E-state index is 6.41. The average Bonchev–Trinajstić information content (AvgIpc) is 2.73. The number of anilines is 1. The summed E-state index contributed by atoms with van der Waals surface area (Å²) in [5.74, 6) is 0.858. The molecule has 0 radical (unpaired) electrons. The standard InChI is InChI=1S/C21H33ClN4O2/c1-3-23-20(24-16-21(27-2)10-13-28-14-11-21)25-17-7-6-12-26(15-17)19-9-5-4-8-18(19)22/h4-5,8-9,17H,3,6-7,10-16H2,1-2H3,(H2,23,24,25). The van der Waals surface area contributed by atoms with Crippen LogP contribution in [0.3, 0.4) is 0 Å². The van der Waals surface area contributed by atoms with Gasteiger partial charge in [0.25, 0.3) is 0 Å². The number of para-hydroxylation sites is 1. The van der Waals surface area contributed by atoms with Gasteiger partial charge in [-0.25, -0.2) is 0 Å². The summed E-state index contributed by atoms with van der Waals surface area (Å²) in [6, 6.07) is 8.40. The third-order valence-electron chi connectivity index (χ3n) is 5.66. The molecule has 2 saturated heterocycles. The molecular weight excluding hydrogens is 376 g/mol. The van der Waals surface area contributed by atoms with Crippen molar-refractivity contribution in [2.75, 3.05) is 51.4 Å². The van der Waals surface area contributed by atoms with Gasteiger partial charge in [0, 0.05) is 58.8 Å². The van der Waals surface area contributed by atoms with Crippen molar-refractivity contribution in [3.05, 3.63) is 29.3 Å². The number of hydrogen-bond donors (Lipinski definition) is 2. The van der Waals surface area contributed by atoms with Crippen LogP contribution in [0.15, 0.2) is 29.3 Å². The van der Waals surface area contributed by atoms with Crippen LogP contribution in [0.1, 0.15) is 32.6 Å². The molecule has 1 aromatic rings. The molecule has 2 aliphatic heterocycles. The monoisotopic (exact) mass is 408 g/mol. The van der Waals surface area contributed by atoms with Crippen molar-refractivity contribution in [2.45, 2.75) is 44.2 Å². The molecule has 1 atom stereocenters. The summed E-state index contributed by atoms with van der Waals surface area (Å²) in [4.78, 5) is 7.22. The fourth-order valence-corrected chi connectivity index (χ4v) is 4.18. The average molecular weight is 409 g/mol. The minimum Gasteiger partial charge on any atom is -0.381 e. The Labute approximate surface area is 173 Å². The number of rotatable bonds is 6. The highest BCUT2D eigenvalue weighted by Crippen LogP contribution is 2.28. The van der Waals surface area contributed by atoms with E-state index in [4.69, 9.17) is 26.1 Å². The summed E-state index contributed by atoms with van der Waals surface area (Å²) in [7, 11) is 1.78. The highest BCUT2D eigenvalue weighted by molar-refractivity contribution is 6.33. The fourth-order valence-electron chi connectivity index (χ4n) is 3.93. The van der Waals surface area contributed by atoms with E-state index in [2.05, 4.69) is 28.5 Å². The first-order valence-corrected chi connectivity index (χ1v) is 10.7. The van der Waals surface area contributed by atoms with Crippen LogP contribution in [0, 0.1) is 0 Å². The van der Waals surface area contributed by atoms with Gasteiger partial charge in [-0.2, -0.15) is 0 Å². The lowest BCUT2D eigenvalue weighted by Crippen LogP contribution is -2.52. The summed E-state index contributed by atoms with van der Waals surface area (Å²) in [6.45, 7) is 6.99. The lowest BCUT2D eigenvalue weighted by Gasteiger charge is -2.36. The number of halogens is 1. The van der Waals surface area contributed by atoms with Crippen LogP contribution in [0.5, 0.6) is 0 Å². The topological polar surface area (TPSA) is 58.1 Å². The first kappa shape index (κ1) is 21.2. The first-order chi connectivity index (χ1) is 13.7. The van der Waals surface area contributed by atoms with Gasteiger partial charge in [-0.3, -0.25) is 4.99 Å². The Bertz CT molecular complexity index is 649. The molecule has 6 nitrogen and oxygen atoms in total. The zero-order valence-corrected chi connectivity index (χ0v) is 17.8. The second kappa shape index (κ2) is 10.3. The van der Waals surface area contributed by atoms with Crippen LogP contribution in [0.4, 0.5) is 5.69 Å². The molecule has 2 heterocycles. The third kappa shape index (κ3) is 5.52. The number of benzene rings is 1. The molecule has 0 aliphatic carbocycles. The SMILES string of the molecule is CCNC(=NCC1(OC)CCOCC1)NC1CCCN(c2ccccc2Cl)C1. The zero-order valence-electron chi connectivity index (χ0n) is 17.0. The third-order valence-corrected chi connectivity index (χ3v) is 5.98. The molecule has 1 aromatic carbocycles. The van der Waals surface area contributed by atoms with Gasteiger partial charge in [-0.15, -0.1) is 0 Å². The van der Waals surface area contributed by atoms with E-state index >= 15 is 0 Å². The number of piperidine rings is 1. The second-order valence-corrected chi connectivity index (χ2v) is 7.98. The highest BCUT2D eigenvalue weighted by atomic mass is 35.5. The lowest BCUT2D eigenvalue weighted by molar-refractivity contribution is -0.0828. The van der Waals surface area contributed by atoms with Gasteiger partial charge in [-0.05, 0) is 31.9 Å². The highest BCUT2D eigenvalue weighted by Gasteiger charge is 2.32. The second-order valence-electron chi connectivity index (χ2n) is 7.58. The Hall–Kier alpha value is -1.50.